The molecule has 22 heavy (non-hydrogen) atoms. The van der Waals surface area contributed by atoms with Gasteiger partial charge in [0.15, 0.2) is 7.14 Å². The second-order valence-electron chi connectivity index (χ2n) is 4.85. The third kappa shape index (κ3) is 2.55. The second-order valence-corrected chi connectivity index (χ2v) is 8.44. The Labute approximate surface area is 137 Å². The molecular weight excluding hydrogens is 362 g/mol. The fourth-order valence-corrected chi connectivity index (χ4v) is 5.69. The lowest BCUT2D eigenvalue weighted by molar-refractivity contribution is 0.588. The van der Waals surface area contributed by atoms with E-state index in [4.69, 9.17) is 0 Å². The van der Waals surface area contributed by atoms with Crippen molar-refractivity contribution in [2.45, 2.75) is 0 Å². The van der Waals surface area contributed by atoms with Crippen LogP contribution in [0.1, 0.15) is 0 Å². The molecule has 0 bridgehead atoms. The molecule has 4 heteroatoms. The molecule has 0 saturated heterocycles. The minimum Gasteiger partial charge on any atom is -0.309 e. The van der Waals surface area contributed by atoms with Crippen molar-refractivity contribution in [1.82, 2.24) is 0 Å². The molecule has 3 rings (SSSR count). The van der Waals surface area contributed by atoms with Crippen molar-refractivity contribution in [3.63, 3.8) is 0 Å². The Morgan fingerprint density at radius 3 is 1.73 bits per heavy atom. The zero-order chi connectivity index (χ0) is 15.6. The predicted molar refractivity (Wildman–Crippen MR) is 93.5 cm³/mol. The van der Waals surface area contributed by atoms with Gasteiger partial charge in [0, 0.05) is 10.6 Å². The van der Waals surface area contributed by atoms with Gasteiger partial charge in [0.1, 0.15) is 5.82 Å². The highest BCUT2D eigenvalue weighted by atomic mass is 79.9. The summed E-state index contributed by atoms with van der Waals surface area (Å²) in [5, 5.41) is 1.47. The van der Waals surface area contributed by atoms with Crippen LogP contribution >= 0.6 is 23.1 Å². The SMILES string of the molecule is O=P(c1ccccc1)(c1ccccc1)c1cccc(Br)c1F. The zero-order valence-electron chi connectivity index (χ0n) is 11.6. The van der Waals surface area contributed by atoms with E-state index in [9.17, 15) is 8.96 Å². The Hall–Kier alpha value is -1.70. The lowest BCUT2D eigenvalue weighted by atomic mass is 10.3. The molecule has 0 unspecified atom stereocenters. The molecule has 3 aromatic rings. The molecule has 0 aliphatic heterocycles. The largest absolute Gasteiger partial charge is 0.309 e. The Bertz CT molecular complexity index is 791. The van der Waals surface area contributed by atoms with Crippen LogP contribution in [-0.2, 0) is 4.57 Å². The van der Waals surface area contributed by atoms with Crippen molar-refractivity contribution in [3.8, 4) is 0 Å². The molecule has 0 atom stereocenters. The van der Waals surface area contributed by atoms with Gasteiger partial charge in [-0.1, -0.05) is 66.7 Å². The summed E-state index contributed by atoms with van der Waals surface area (Å²) >= 11 is 3.19. The van der Waals surface area contributed by atoms with Gasteiger partial charge in [0.2, 0.25) is 0 Å². The molecule has 1 nitrogen and oxygen atoms in total. The second kappa shape index (κ2) is 6.20. The van der Waals surface area contributed by atoms with E-state index in [1.165, 1.54) is 0 Å². The Morgan fingerprint density at radius 2 is 1.23 bits per heavy atom. The smallest absolute Gasteiger partial charge is 0.173 e. The summed E-state index contributed by atoms with van der Waals surface area (Å²) in [6, 6.07) is 23.1. The molecule has 0 spiro atoms. The molecule has 0 aliphatic carbocycles. The van der Waals surface area contributed by atoms with E-state index >= 15 is 0 Å². The normalized spacial score (nSPS) is 11.4. The van der Waals surface area contributed by atoms with E-state index in [2.05, 4.69) is 15.9 Å². The molecule has 3 aromatic carbocycles. The van der Waals surface area contributed by atoms with E-state index in [-0.39, 0.29) is 5.30 Å². The van der Waals surface area contributed by atoms with Crippen molar-refractivity contribution >= 4 is 39.0 Å². The van der Waals surface area contributed by atoms with Crippen LogP contribution in [0.15, 0.2) is 83.3 Å². The predicted octanol–water partition coefficient (Wildman–Crippen LogP) is 4.23. The van der Waals surface area contributed by atoms with Gasteiger partial charge in [-0.05, 0) is 28.1 Å². The maximum atomic E-state index is 14.6. The van der Waals surface area contributed by atoms with E-state index < -0.39 is 13.0 Å². The number of hydrogen-bond donors (Lipinski definition) is 0. The minimum atomic E-state index is -3.25. The van der Waals surface area contributed by atoms with Crippen LogP contribution in [-0.4, -0.2) is 0 Å². The molecule has 0 N–H and O–H groups in total. The molecule has 0 aromatic heterocycles. The first kappa shape index (κ1) is 15.2. The van der Waals surface area contributed by atoms with Gasteiger partial charge in [-0.25, -0.2) is 4.39 Å². The van der Waals surface area contributed by atoms with Crippen molar-refractivity contribution < 1.29 is 8.96 Å². The quantitative estimate of drug-likeness (QED) is 0.627. The number of rotatable bonds is 3. The van der Waals surface area contributed by atoms with E-state index in [1.807, 2.05) is 36.4 Å². The van der Waals surface area contributed by atoms with Crippen LogP contribution in [0.4, 0.5) is 4.39 Å². The maximum Gasteiger partial charge on any atom is 0.173 e. The van der Waals surface area contributed by atoms with Crippen molar-refractivity contribution in [3.05, 3.63) is 89.2 Å². The highest BCUT2D eigenvalue weighted by molar-refractivity contribution is 9.10. The molecule has 0 saturated carbocycles. The van der Waals surface area contributed by atoms with Crippen LogP contribution < -0.4 is 15.9 Å². The van der Waals surface area contributed by atoms with E-state index in [1.54, 1.807) is 42.5 Å². The summed E-state index contributed by atoms with van der Waals surface area (Å²) in [6.45, 7) is 0. The van der Waals surface area contributed by atoms with Gasteiger partial charge in [-0.15, -0.1) is 0 Å². The van der Waals surface area contributed by atoms with Crippen molar-refractivity contribution in [1.29, 1.82) is 0 Å². The van der Waals surface area contributed by atoms with Gasteiger partial charge in [0.05, 0.1) is 9.78 Å². The molecule has 0 amide bonds. The molecule has 110 valence electrons. The van der Waals surface area contributed by atoms with Crippen LogP contribution in [0.3, 0.4) is 0 Å². The lowest BCUT2D eigenvalue weighted by Crippen LogP contribution is -2.27. The maximum absolute atomic E-state index is 14.6. The zero-order valence-corrected chi connectivity index (χ0v) is 14.1. The minimum absolute atomic E-state index is 0.222. The van der Waals surface area contributed by atoms with Crippen LogP contribution in [0, 0.1) is 5.82 Å². The third-order valence-corrected chi connectivity index (χ3v) is 7.20. The molecule has 0 radical (unpaired) electrons. The Kier molecular flexibility index (Phi) is 4.28. The summed E-state index contributed by atoms with van der Waals surface area (Å²) in [7, 11) is -3.25. The Morgan fingerprint density at radius 1 is 0.727 bits per heavy atom. The van der Waals surface area contributed by atoms with Gasteiger partial charge in [-0.2, -0.15) is 0 Å². The topological polar surface area (TPSA) is 17.1 Å². The highest BCUT2D eigenvalue weighted by Crippen LogP contribution is 2.43. The molecule has 0 aliphatic rings. The fourth-order valence-electron chi connectivity index (χ4n) is 2.44. The molecule has 0 fully saturated rings. The number of halogens is 2. The fraction of sp³-hybridized carbons (Fsp3) is 0. The van der Waals surface area contributed by atoms with Crippen molar-refractivity contribution in [2.24, 2.45) is 0 Å². The number of hydrogen-bond acceptors (Lipinski definition) is 1. The standard InChI is InChI=1S/C18H13BrFOP/c19-16-12-7-13-17(18(16)20)22(21,14-8-3-1-4-9-14)15-10-5-2-6-11-15/h1-13H. The average molecular weight is 375 g/mol. The summed E-state index contributed by atoms with van der Waals surface area (Å²) in [5.41, 5.74) is 0. The van der Waals surface area contributed by atoms with Gasteiger partial charge in [-0.3, -0.25) is 0 Å². The summed E-state index contributed by atoms with van der Waals surface area (Å²) in [4.78, 5) is 0. The lowest BCUT2D eigenvalue weighted by Gasteiger charge is -2.20. The van der Waals surface area contributed by atoms with Gasteiger partial charge < -0.3 is 4.57 Å². The third-order valence-electron chi connectivity index (χ3n) is 3.51. The number of benzene rings is 3. The average Bonchev–Trinajstić information content (AvgIpc) is 2.58. The first-order valence-corrected chi connectivity index (χ1v) is 9.30. The Balaban J connectivity index is 2.34. The highest BCUT2D eigenvalue weighted by Gasteiger charge is 2.32. The van der Waals surface area contributed by atoms with Crippen LogP contribution in [0.5, 0.6) is 0 Å². The van der Waals surface area contributed by atoms with E-state index in [0.717, 1.165) is 0 Å². The summed E-state index contributed by atoms with van der Waals surface area (Å²) < 4.78 is 28.9. The first-order chi connectivity index (χ1) is 10.6. The van der Waals surface area contributed by atoms with Crippen LogP contribution in [0.25, 0.3) is 0 Å². The molecular formula is C18H13BrFOP. The molecule has 0 heterocycles. The van der Waals surface area contributed by atoms with Gasteiger partial charge in [0.25, 0.3) is 0 Å². The summed E-state index contributed by atoms with van der Waals surface area (Å²) in [6.07, 6.45) is 0. The monoisotopic (exact) mass is 374 g/mol. The first-order valence-electron chi connectivity index (χ1n) is 6.80. The van der Waals surface area contributed by atoms with Gasteiger partial charge >= 0.3 is 0 Å². The van der Waals surface area contributed by atoms with Crippen molar-refractivity contribution in [2.75, 3.05) is 0 Å². The van der Waals surface area contributed by atoms with E-state index in [0.29, 0.717) is 15.1 Å². The summed E-state index contributed by atoms with van der Waals surface area (Å²) in [5.74, 6) is -0.474. The van der Waals surface area contributed by atoms with Crippen LogP contribution in [0.2, 0.25) is 0 Å².